The Balaban J connectivity index is 1.71. The molecule has 0 saturated carbocycles. The molecular formula is C42H55N3O13. The summed E-state index contributed by atoms with van der Waals surface area (Å²) in [5.74, 6) is -8.44. The molecule has 1 amide bonds. The standard InChI is InChI=1S/C42H55N3O13/c1-20-11-10-12-21(2)41(53)44-32-27(19-43-45-14-17-55-18-15-45)36(50)29-30(37(32)51)35(49)25(6)39-31(29)40(52)42(8,58-39)56-16-13-28(54-9)22(3)38(57-26(7)46)24(5)34(48)23(4)33(20)47/h10-13,16,19-20,22-24,28,33-34,38,47-51H,14-15,17-18H2,1-9H3,(H,44,53)/b11-10+,16-13+,21-12+,43-19+/t20-,22+,23+,24+,28-,33-,34+,38+,42-/m0/s1. The van der Waals surface area contributed by atoms with Gasteiger partial charge in [0.25, 0.3) is 11.7 Å². The number of amides is 1. The normalized spacial score (nSPS) is 32.1. The number of hydrazone groups is 1. The summed E-state index contributed by atoms with van der Waals surface area (Å²) in [6.45, 7) is 14.1. The van der Waals surface area contributed by atoms with Crippen LogP contribution in [0.5, 0.6) is 23.0 Å². The lowest BCUT2D eigenvalue weighted by Crippen LogP contribution is -2.46. The maximum absolute atomic E-state index is 14.4. The third kappa shape index (κ3) is 8.51. The smallest absolute Gasteiger partial charge is 0.312 e. The van der Waals surface area contributed by atoms with E-state index >= 15 is 0 Å². The van der Waals surface area contributed by atoms with Gasteiger partial charge in [0.1, 0.15) is 23.4 Å². The van der Waals surface area contributed by atoms with E-state index in [2.05, 4.69) is 10.4 Å². The molecule has 0 aromatic heterocycles. The number of methoxy groups -OCH3 is 1. The summed E-state index contributed by atoms with van der Waals surface area (Å²) in [5, 5.41) is 66.4. The van der Waals surface area contributed by atoms with Crippen LogP contribution in [0, 0.1) is 30.6 Å². The van der Waals surface area contributed by atoms with E-state index < -0.39 is 88.8 Å². The number of nitrogens with zero attached hydrogens (tertiary/aromatic N) is 2. The Labute approximate surface area is 337 Å². The summed E-state index contributed by atoms with van der Waals surface area (Å²) >= 11 is 0. The number of ether oxygens (including phenoxy) is 5. The second kappa shape index (κ2) is 17.8. The fourth-order valence-corrected chi connectivity index (χ4v) is 7.68. The second-order valence-corrected chi connectivity index (χ2v) is 15.4. The van der Waals surface area contributed by atoms with E-state index in [1.165, 1.54) is 59.4 Å². The molecule has 9 atom stereocenters. The zero-order valence-corrected chi connectivity index (χ0v) is 34.3. The lowest BCUT2D eigenvalue weighted by atomic mass is 9.78. The van der Waals surface area contributed by atoms with Crippen LogP contribution < -0.4 is 10.1 Å². The third-order valence-corrected chi connectivity index (χ3v) is 11.4. The number of aliphatic hydroxyl groups excluding tert-OH is 2. The average Bonchev–Trinajstić information content (AvgIpc) is 3.46. The Hall–Kier alpha value is -5.16. The van der Waals surface area contributed by atoms with Crippen molar-refractivity contribution in [1.29, 1.82) is 0 Å². The number of phenols is 3. The first-order chi connectivity index (χ1) is 27.3. The molecule has 6 N–H and O–H groups in total. The molecule has 5 bridgehead atoms. The molecular weight excluding hydrogens is 754 g/mol. The van der Waals surface area contributed by atoms with Gasteiger partial charge < -0.3 is 54.5 Å². The Morgan fingerprint density at radius 1 is 0.966 bits per heavy atom. The van der Waals surface area contributed by atoms with Crippen molar-refractivity contribution in [1.82, 2.24) is 5.01 Å². The number of anilines is 1. The first-order valence-electron chi connectivity index (χ1n) is 19.3. The monoisotopic (exact) mass is 809 g/mol. The predicted octanol–water partition coefficient (Wildman–Crippen LogP) is 4.42. The minimum atomic E-state index is -2.05. The van der Waals surface area contributed by atoms with Crippen molar-refractivity contribution in [3.8, 4) is 23.0 Å². The van der Waals surface area contributed by atoms with Gasteiger partial charge in [-0.05, 0) is 19.9 Å². The van der Waals surface area contributed by atoms with Gasteiger partial charge in [-0.3, -0.25) is 19.4 Å². The molecule has 0 radical (unpaired) electrons. The predicted molar refractivity (Wildman–Crippen MR) is 214 cm³/mol. The first-order valence-corrected chi connectivity index (χ1v) is 19.3. The van der Waals surface area contributed by atoms with Gasteiger partial charge in [-0.25, -0.2) is 0 Å². The number of esters is 1. The molecule has 6 rings (SSSR count). The molecule has 316 valence electrons. The molecule has 0 spiro atoms. The number of carbonyl (C=O) groups is 3. The average molecular weight is 810 g/mol. The molecule has 4 aliphatic heterocycles. The Bertz CT molecular complexity index is 2040. The number of hydrogen-bond donors (Lipinski definition) is 6. The van der Waals surface area contributed by atoms with Crippen LogP contribution in [-0.4, -0.2) is 118 Å². The van der Waals surface area contributed by atoms with Gasteiger partial charge in [0.15, 0.2) is 5.75 Å². The molecule has 16 nitrogen and oxygen atoms in total. The number of Topliss-reactive ketones (excluding diaryl/α,β-unsaturated/α-hetero) is 1. The molecule has 2 aromatic carbocycles. The van der Waals surface area contributed by atoms with Gasteiger partial charge in [0.2, 0.25) is 0 Å². The van der Waals surface area contributed by atoms with Gasteiger partial charge in [0.05, 0.1) is 79.3 Å². The van der Waals surface area contributed by atoms with E-state index in [0.29, 0.717) is 26.3 Å². The third-order valence-electron chi connectivity index (χ3n) is 11.4. The van der Waals surface area contributed by atoms with Crippen molar-refractivity contribution in [3.63, 3.8) is 0 Å². The summed E-state index contributed by atoms with van der Waals surface area (Å²) < 4.78 is 29.0. The van der Waals surface area contributed by atoms with Crippen LogP contribution in [0.2, 0.25) is 0 Å². The number of ketones is 1. The van der Waals surface area contributed by atoms with Crippen molar-refractivity contribution in [3.05, 3.63) is 52.8 Å². The molecule has 16 heteroatoms. The van der Waals surface area contributed by atoms with Crippen LogP contribution in [0.3, 0.4) is 0 Å². The number of nitrogens with one attached hydrogen (secondary N) is 1. The SMILES string of the molecule is CO[C@H]1/C=C/O[C@@]2(C)Oc3c(C)c(O)c4c(O)c(c(/C=N/N5CCOCC5)c(O)c4c3C2=O)NC(=O)/C(C)=C/C=C/[C@H](C)[C@H](O)[C@@H](C)[C@@H](O)[C@@H](C)[C@H](OC(C)=O)[C@@H]1C. The maximum atomic E-state index is 14.4. The van der Waals surface area contributed by atoms with Crippen LogP contribution >= 0.6 is 0 Å². The van der Waals surface area contributed by atoms with Crippen molar-refractivity contribution < 1.29 is 63.6 Å². The van der Waals surface area contributed by atoms with Gasteiger partial charge in [-0.1, -0.05) is 45.9 Å². The van der Waals surface area contributed by atoms with E-state index in [1.807, 2.05) is 0 Å². The number of morpholine rings is 1. The molecule has 1 saturated heterocycles. The molecule has 0 unspecified atom stereocenters. The number of rotatable bonds is 4. The number of fused-ring (bicyclic) bond motifs is 14. The van der Waals surface area contributed by atoms with Crippen LogP contribution in [0.4, 0.5) is 5.69 Å². The summed E-state index contributed by atoms with van der Waals surface area (Å²) in [6, 6.07) is 0. The minimum absolute atomic E-state index is 0.0475. The van der Waals surface area contributed by atoms with Crippen molar-refractivity contribution >= 4 is 40.3 Å². The summed E-state index contributed by atoms with van der Waals surface area (Å²) in [7, 11) is 1.43. The topological polar surface area (TPSA) is 226 Å². The fraction of sp³-hybridized carbons (Fsp3) is 0.524. The van der Waals surface area contributed by atoms with E-state index in [1.54, 1.807) is 44.9 Å². The molecule has 0 aliphatic carbocycles. The fourth-order valence-electron chi connectivity index (χ4n) is 7.68. The maximum Gasteiger partial charge on any atom is 0.312 e. The number of phenolic OH excluding ortho intramolecular Hbond substituents is 3. The van der Waals surface area contributed by atoms with Crippen LogP contribution in [0.15, 0.2) is 41.2 Å². The molecule has 2 aromatic rings. The molecule has 58 heavy (non-hydrogen) atoms. The highest BCUT2D eigenvalue weighted by Crippen LogP contribution is 2.55. The van der Waals surface area contributed by atoms with E-state index in [9.17, 15) is 39.9 Å². The van der Waals surface area contributed by atoms with Crippen molar-refractivity contribution in [2.24, 2.45) is 28.8 Å². The number of hydrogen-bond acceptors (Lipinski definition) is 15. The van der Waals surface area contributed by atoms with Gasteiger partial charge >= 0.3 is 11.8 Å². The van der Waals surface area contributed by atoms with E-state index in [0.717, 1.165) is 0 Å². The highest BCUT2D eigenvalue weighted by molar-refractivity contribution is 6.23. The first kappa shape index (κ1) is 44.0. The molecule has 4 aliphatic rings. The summed E-state index contributed by atoms with van der Waals surface area (Å²) in [4.78, 5) is 40.4. The number of aromatic hydroxyl groups is 3. The second-order valence-electron chi connectivity index (χ2n) is 15.4. The summed E-state index contributed by atoms with van der Waals surface area (Å²) in [5.41, 5.74) is -0.426. The number of carbonyl (C=O) groups excluding carboxylic acids is 3. The van der Waals surface area contributed by atoms with Gasteiger partial charge in [0, 0.05) is 61.2 Å². The van der Waals surface area contributed by atoms with Gasteiger partial charge in [-0.15, -0.1) is 0 Å². The number of benzene rings is 2. The number of aliphatic hydroxyl groups is 2. The zero-order chi connectivity index (χ0) is 42.8. The van der Waals surface area contributed by atoms with Crippen LogP contribution in [-0.2, 0) is 28.5 Å². The highest BCUT2D eigenvalue weighted by atomic mass is 16.7. The lowest BCUT2D eigenvalue weighted by molar-refractivity contribution is -0.160. The van der Waals surface area contributed by atoms with Gasteiger partial charge in [-0.2, -0.15) is 5.10 Å². The Morgan fingerprint density at radius 3 is 2.28 bits per heavy atom. The van der Waals surface area contributed by atoms with E-state index in [4.69, 9.17) is 23.7 Å². The molecule has 4 heterocycles. The van der Waals surface area contributed by atoms with Crippen LogP contribution in [0.25, 0.3) is 10.8 Å². The Morgan fingerprint density at radius 2 is 1.64 bits per heavy atom. The van der Waals surface area contributed by atoms with E-state index in [-0.39, 0.29) is 44.5 Å². The summed E-state index contributed by atoms with van der Waals surface area (Å²) in [6.07, 6.45) is 4.76. The largest absolute Gasteiger partial charge is 0.507 e. The highest BCUT2D eigenvalue weighted by Gasteiger charge is 2.50. The van der Waals surface area contributed by atoms with Crippen molar-refractivity contribution in [2.45, 2.75) is 85.6 Å². The van der Waals surface area contributed by atoms with Crippen molar-refractivity contribution in [2.75, 3.05) is 38.7 Å². The quantitative estimate of drug-likeness (QED) is 0.109. The number of allylic oxidation sites excluding steroid dienone is 2. The lowest BCUT2D eigenvalue weighted by Gasteiger charge is -2.38. The zero-order valence-electron chi connectivity index (χ0n) is 34.3. The minimum Gasteiger partial charge on any atom is -0.507 e. The Kier molecular flexibility index (Phi) is 13.5. The van der Waals surface area contributed by atoms with Crippen LogP contribution in [0.1, 0.15) is 70.0 Å². The molecule has 1 fully saturated rings.